The molecular formula is C25H27ClN2O3. The number of amides is 1. The number of halogens is 1. The minimum atomic E-state index is -0.488. The highest BCUT2D eigenvalue weighted by Crippen LogP contribution is 2.38. The van der Waals surface area contributed by atoms with Gasteiger partial charge < -0.3 is 14.2 Å². The van der Waals surface area contributed by atoms with E-state index >= 15 is 0 Å². The van der Waals surface area contributed by atoms with Crippen LogP contribution in [0.4, 0.5) is 0 Å². The summed E-state index contributed by atoms with van der Waals surface area (Å²) in [5.74, 6) is -0.0837. The molecule has 0 spiro atoms. The molecule has 6 heteroatoms. The molecule has 162 valence electrons. The molecule has 0 bridgehead atoms. The van der Waals surface area contributed by atoms with E-state index in [-0.39, 0.29) is 17.1 Å². The van der Waals surface area contributed by atoms with Crippen LogP contribution in [-0.2, 0) is 0 Å². The molecule has 5 nitrogen and oxygen atoms in total. The van der Waals surface area contributed by atoms with Gasteiger partial charge in [-0.15, -0.1) is 0 Å². The van der Waals surface area contributed by atoms with Crippen LogP contribution in [0.15, 0.2) is 45.6 Å². The number of benzene rings is 2. The van der Waals surface area contributed by atoms with Gasteiger partial charge in [0.05, 0.1) is 17.0 Å². The fourth-order valence-electron chi connectivity index (χ4n) is 4.29. The predicted octanol–water partition coefficient (Wildman–Crippen LogP) is 4.95. The lowest BCUT2D eigenvalue weighted by molar-refractivity contribution is 0.0708. The fourth-order valence-corrected chi connectivity index (χ4v) is 4.41. The Balaban J connectivity index is 1.89. The van der Waals surface area contributed by atoms with E-state index in [0.29, 0.717) is 28.1 Å². The average Bonchev–Trinajstić information content (AvgIpc) is 3.03. The molecule has 1 atom stereocenters. The minimum absolute atomic E-state index is 0.141. The number of rotatable bonds is 6. The van der Waals surface area contributed by atoms with E-state index in [1.54, 1.807) is 17.0 Å². The molecule has 0 unspecified atom stereocenters. The average molecular weight is 439 g/mol. The van der Waals surface area contributed by atoms with Crippen LogP contribution in [-0.4, -0.2) is 41.9 Å². The summed E-state index contributed by atoms with van der Waals surface area (Å²) in [4.78, 5) is 31.1. The highest BCUT2D eigenvalue weighted by atomic mass is 35.5. The maximum absolute atomic E-state index is 13.6. The summed E-state index contributed by atoms with van der Waals surface area (Å²) in [5.41, 5.74) is 3.63. The first-order valence-electron chi connectivity index (χ1n) is 10.7. The monoisotopic (exact) mass is 438 g/mol. The molecule has 2 aromatic carbocycles. The summed E-state index contributed by atoms with van der Waals surface area (Å²) in [6.07, 6.45) is 0. The molecule has 0 aliphatic carbocycles. The molecule has 0 saturated heterocycles. The molecule has 0 N–H and O–H groups in total. The van der Waals surface area contributed by atoms with Crippen molar-refractivity contribution in [2.24, 2.45) is 0 Å². The van der Waals surface area contributed by atoms with E-state index in [1.807, 2.05) is 38.1 Å². The molecular weight excluding hydrogens is 412 g/mol. The summed E-state index contributed by atoms with van der Waals surface area (Å²) in [6.45, 7) is 11.2. The van der Waals surface area contributed by atoms with Crippen LogP contribution >= 0.6 is 11.6 Å². The van der Waals surface area contributed by atoms with Crippen LogP contribution in [0.25, 0.3) is 11.0 Å². The second kappa shape index (κ2) is 8.48. The van der Waals surface area contributed by atoms with Gasteiger partial charge in [0.25, 0.3) is 5.91 Å². The van der Waals surface area contributed by atoms with Gasteiger partial charge in [0.2, 0.25) is 5.76 Å². The normalized spacial score (nSPS) is 15.9. The molecule has 2 heterocycles. The van der Waals surface area contributed by atoms with E-state index in [9.17, 15) is 9.59 Å². The third-order valence-corrected chi connectivity index (χ3v) is 6.57. The van der Waals surface area contributed by atoms with Crippen LogP contribution in [0.2, 0.25) is 5.02 Å². The first-order chi connectivity index (χ1) is 14.8. The lowest BCUT2D eigenvalue weighted by atomic mass is 9.97. The van der Waals surface area contributed by atoms with Crippen molar-refractivity contribution in [3.8, 4) is 0 Å². The van der Waals surface area contributed by atoms with Crippen molar-refractivity contribution < 1.29 is 9.21 Å². The molecule has 31 heavy (non-hydrogen) atoms. The Bertz CT molecular complexity index is 1200. The standard InChI is InChI=1S/C25H27ClN2O3/c1-5-27(6-2)11-12-28-22(17-7-9-18(26)10-8-17)21-23(29)19-13-15(3)16(4)14-20(19)31-24(21)25(28)30/h7-10,13-14,22H,5-6,11-12H2,1-4H3/t22-/m0/s1. The molecule has 0 fully saturated rings. The first kappa shape index (κ1) is 21.6. The highest BCUT2D eigenvalue weighted by Gasteiger charge is 2.42. The number of carbonyl (C=O) groups is 1. The van der Waals surface area contributed by atoms with Gasteiger partial charge in [-0.2, -0.15) is 0 Å². The maximum Gasteiger partial charge on any atom is 0.290 e. The van der Waals surface area contributed by atoms with Gasteiger partial charge in [0.1, 0.15) is 5.58 Å². The van der Waals surface area contributed by atoms with Crippen molar-refractivity contribution in [3.05, 3.63) is 79.7 Å². The van der Waals surface area contributed by atoms with E-state index < -0.39 is 6.04 Å². The van der Waals surface area contributed by atoms with Gasteiger partial charge >= 0.3 is 0 Å². The summed E-state index contributed by atoms with van der Waals surface area (Å²) >= 11 is 6.10. The fraction of sp³-hybridized carbons (Fsp3) is 0.360. The van der Waals surface area contributed by atoms with Crippen molar-refractivity contribution in [3.63, 3.8) is 0 Å². The predicted molar refractivity (Wildman–Crippen MR) is 124 cm³/mol. The zero-order chi connectivity index (χ0) is 22.3. The zero-order valence-corrected chi connectivity index (χ0v) is 19.1. The van der Waals surface area contributed by atoms with Gasteiger partial charge in [0.15, 0.2) is 5.43 Å². The number of nitrogens with zero attached hydrogens (tertiary/aromatic N) is 2. The van der Waals surface area contributed by atoms with E-state index in [2.05, 4.69) is 18.7 Å². The number of carbonyl (C=O) groups excluding carboxylic acids is 1. The SMILES string of the molecule is CCN(CC)CCN1C(=O)c2oc3cc(C)c(C)cc3c(=O)c2[C@@H]1c1ccc(Cl)cc1. The van der Waals surface area contributed by atoms with Gasteiger partial charge in [-0.1, -0.05) is 37.6 Å². The Morgan fingerprint density at radius 1 is 1.03 bits per heavy atom. The minimum Gasteiger partial charge on any atom is -0.450 e. The summed E-state index contributed by atoms with van der Waals surface area (Å²) in [7, 11) is 0. The Hall–Kier alpha value is -2.63. The number of hydrogen-bond donors (Lipinski definition) is 0. The van der Waals surface area contributed by atoms with Crippen molar-refractivity contribution in [1.82, 2.24) is 9.80 Å². The Kier molecular flexibility index (Phi) is 5.91. The number of fused-ring (bicyclic) bond motifs is 2. The smallest absolute Gasteiger partial charge is 0.290 e. The largest absolute Gasteiger partial charge is 0.450 e. The second-order valence-corrected chi connectivity index (χ2v) is 8.52. The van der Waals surface area contributed by atoms with Gasteiger partial charge in [-0.3, -0.25) is 9.59 Å². The number of likely N-dealkylation sites (N-methyl/N-ethyl adjacent to an activating group) is 1. The number of hydrogen-bond acceptors (Lipinski definition) is 4. The summed E-state index contributed by atoms with van der Waals surface area (Å²) in [5, 5.41) is 1.12. The second-order valence-electron chi connectivity index (χ2n) is 8.09. The molecule has 0 saturated carbocycles. The van der Waals surface area contributed by atoms with Crippen molar-refractivity contribution in [2.45, 2.75) is 33.7 Å². The summed E-state index contributed by atoms with van der Waals surface area (Å²) < 4.78 is 6.07. The van der Waals surface area contributed by atoms with E-state index in [0.717, 1.165) is 36.3 Å². The van der Waals surface area contributed by atoms with Crippen LogP contribution in [0, 0.1) is 13.8 Å². The quantitative estimate of drug-likeness (QED) is 0.546. The maximum atomic E-state index is 13.6. The lowest BCUT2D eigenvalue weighted by Crippen LogP contribution is -2.37. The highest BCUT2D eigenvalue weighted by molar-refractivity contribution is 6.30. The molecule has 4 rings (SSSR count). The van der Waals surface area contributed by atoms with Gasteiger partial charge in [-0.25, -0.2) is 0 Å². The van der Waals surface area contributed by atoms with Crippen molar-refractivity contribution in [2.75, 3.05) is 26.2 Å². The molecule has 1 aliphatic rings. The van der Waals surface area contributed by atoms with Crippen LogP contribution in [0.5, 0.6) is 0 Å². The Labute approximate surface area is 187 Å². The van der Waals surface area contributed by atoms with Crippen molar-refractivity contribution in [1.29, 1.82) is 0 Å². The van der Waals surface area contributed by atoms with Crippen LogP contribution in [0.1, 0.15) is 52.7 Å². The number of aryl methyl sites for hydroxylation is 2. The first-order valence-corrected chi connectivity index (χ1v) is 11.1. The molecule has 1 aromatic heterocycles. The molecule has 3 aromatic rings. The molecule has 1 aliphatic heterocycles. The molecule has 1 amide bonds. The lowest BCUT2D eigenvalue weighted by Gasteiger charge is -2.28. The van der Waals surface area contributed by atoms with E-state index in [4.69, 9.17) is 16.0 Å². The van der Waals surface area contributed by atoms with Crippen LogP contribution < -0.4 is 5.43 Å². The van der Waals surface area contributed by atoms with E-state index in [1.165, 1.54) is 0 Å². The van der Waals surface area contributed by atoms with Crippen molar-refractivity contribution >= 4 is 28.5 Å². The van der Waals surface area contributed by atoms with Gasteiger partial charge in [0, 0.05) is 18.1 Å². The Morgan fingerprint density at radius 3 is 2.32 bits per heavy atom. The molecule has 0 radical (unpaired) electrons. The topological polar surface area (TPSA) is 53.8 Å². The van der Waals surface area contributed by atoms with Crippen LogP contribution in [0.3, 0.4) is 0 Å². The van der Waals surface area contributed by atoms with Gasteiger partial charge in [-0.05, 0) is 67.9 Å². The zero-order valence-electron chi connectivity index (χ0n) is 18.4. The third-order valence-electron chi connectivity index (χ3n) is 6.32. The third kappa shape index (κ3) is 3.77. The Morgan fingerprint density at radius 2 is 1.68 bits per heavy atom. The summed E-state index contributed by atoms with van der Waals surface area (Å²) in [6, 6.07) is 10.6.